The van der Waals surface area contributed by atoms with Gasteiger partial charge in [0.1, 0.15) is 12.4 Å². The number of halogens is 3. The third kappa shape index (κ3) is 11.9. The smallest absolute Gasteiger partial charge is 0.272 e. The van der Waals surface area contributed by atoms with E-state index in [-0.39, 0.29) is 24.0 Å². The molecule has 8 heteroatoms. The van der Waals surface area contributed by atoms with Gasteiger partial charge in [0.25, 0.3) is 6.43 Å². The zero-order chi connectivity index (χ0) is 17.6. The van der Waals surface area contributed by atoms with Crippen LogP contribution in [0.3, 0.4) is 0 Å². The first-order valence-corrected chi connectivity index (χ1v) is 8.17. The molecule has 0 radical (unpaired) electrons. The van der Waals surface area contributed by atoms with Crippen molar-refractivity contribution < 1.29 is 18.3 Å². The van der Waals surface area contributed by atoms with Gasteiger partial charge in [-0.2, -0.15) is 0 Å². The molecule has 0 aromatic heterocycles. The minimum Gasteiger partial charge on any atom is -0.488 e. The summed E-state index contributed by atoms with van der Waals surface area (Å²) in [5.74, 6) is 1.14. The van der Waals surface area contributed by atoms with Crippen LogP contribution in [0, 0.1) is 0 Å². The predicted molar refractivity (Wildman–Crippen MR) is 107 cm³/mol. The summed E-state index contributed by atoms with van der Waals surface area (Å²) in [6.07, 6.45) is -0.475. The van der Waals surface area contributed by atoms with Crippen LogP contribution >= 0.6 is 24.0 Å². The highest BCUT2D eigenvalue weighted by Gasteiger charge is 2.04. The second kappa shape index (κ2) is 15.1. The lowest BCUT2D eigenvalue weighted by atomic mass is 10.2. The molecule has 144 valence electrons. The molecular weight excluding hydrogens is 443 g/mol. The van der Waals surface area contributed by atoms with Crippen molar-refractivity contribution in [3.63, 3.8) is 0 Å². The molecule has 1 rings (SSSR count). The van der Waals surface area contributed by atoms with Gasteiger partial charge in [-0.3, -0.25) is 4.99 Å². The quantitative estimate of drug-likeness (QED) is 0.225. The molecule has 0 atom stereocenters. The average Bonchev–Trinajstić information content (AvgIpc) is 2.59. The van der Waals surface area contributed by atoms with E-state index in [9.17, 15) is 8.78 Å². The number of guanidine groups is 1. The number of hydrogen-bond donors (Lipinski definition) is 2. The van der Waals surface area contributed by atoms with E-state index in [4.69, 9.17) is 9.47 Å². The van der Waals surface area contributed by atoms with Gasteiger partial charge in [-0.05, 0) is 37.5 Å². The van der Waals surface area contributed by atoms with E-state index >= 15 is 0 Å². The lowest BCUT2D eigenvalue weighted by Crippen LogP contribution is -2.37. The molecule has 0 spiro atoms. The van der Waals surface area contributed by atoms with Crippen LogP contribution in [-0.2, 0) is 11.3 Å². The average molecular weight is 471 g/mol. The van der Waals surface area contributed by atoms with Crippen LogP contribution in [0.15, 0.2) is 29.3 Å². The monoisotopic (exact) mass is 471 g/mol. The van der Waals surface area contributed by atoms with Gasteiger partial charge >= 0.3 is 0 Å². The van der Waals surface area contributed by atoms with Crippen LogP contribution in [0.2, 0.25) is 0 Å². The van der Waals surface area contributed by atoms with Crippen LogP contribution in [0.1, 0.15) is 25.3 Å². The van der Waals surface area contributed by atoms with Crippen molar-refractivity contribution in [3.8, 4) is 5.75 Å². The van der Waals surface area contributed by atoms with E-state index < -0.39 is 13.0 Å². The van der Waals surface area contributed by atoms with Crippen molar-refractivity contribution in [2.24, 2.45) is 4.99 Å². The molecule has 0 bridgehead atoms. The highest BCUT2D eigenvalue weighted by Crippen LogP contribution is 2.14. The summed E-state index contributed by atoms with van der Waals surface area (Å²) in [5, 5.41) is 6.41. The standard InChI is InChI=1S/C17H27F2N3O2.HI/c1-3-23-10-5-4-9-21-17(20-2)22-12-14-7-6-8-15(11-14)24-13-16(18)19;/h6-8,11,16H,3-5,9-10,12-13H2,1-2H3,(H2,20,21,22);1H. The first-order chi connectivity index (χ1) is 11.7. The van der Waals surface area contributed by atoms with E-state index in [1.807, 2.05) is 13.0 Å². The van der Waals surface area contributed by atoms with Crippen molar-refractivity contribution >= 4 is 29.9 Å². The number of hydrogen-bond acceptors (Lipinski definition) is 3. The third-order valence-corrected chi connectivity index (χ3v) is 3.17. The Labute approximate surface area is 165 Å². The molecule has 0 saturated heterocycles. The number of unbranched alkanes of at least 4 members (excludes halogenated alkanes) is 1. The fourth-order valence-corrected chi connectivity index (χ4v) is 1.99. The van der Waals surface area contributed by atoms with Crippen LogP contribution in [0.5, 0.6) is 5.75 Å². The van der Waals surface area contributed by atoms with Gasteiger partial charge in [0.2, 0.25) is 0 Å². The third-order valence-electron chi connectivity index (χ3n) is 3.17. The molecule has 0 aliphatic heterocycles. The van der Waals surface area contributed by atoms with Crippen LogP contribution in [0.25, 0.3) is 0 Å². The minimum atomic E-state index is -2.47. The highest BCUT2D eigenvalue weighted by atomic mass is 127. The minimum absolute atomic E-state index is 0. The molecule has 0 unspecified atom stereocenters. The van der Waals surface area contributed by atoms with Crippen molar-refractivity contribution in [2.45, 2.75) is 32.7 Å². The molecule has 0 heterocycles. The Morgan fingerprint density at radius 3 is 2.72 bits per heavy atom. The summed E-state index contributed by atoms with van der Waals surface area (Å²) in [5.41, 5.74) is 0.932. The lowest BCUT2D eigenvalue weighted by Gasteiger charge is -2.13. The Balaban J connectivity index is 0.00000576. The number of rotatable bonds is 11. The SMILES string of the molecule is CCOCCCCNC(=NC)NCc1cccc(OCC(F)F)c1.I. The number of nitrogens with one attached hydrogen (secondary N) is 2. The van der Waals surface area contributed by atoms with Crippen molar-refractivity contribution in [1.29, 1.82) is 0 Å². The maximum Gasteiger partial charge on any atom is 0.272 e. The molecule has 0 fully saturated rings. The predicted octanol–water partition coefficient (Wildman–Crippen LogP) is 3.43. The van der Waals surface area contributed by atoms with Gasteiger partial charge in [-0.15, -0.1) is 24.0 Å². The second-order valence-electron chi connectivity index (χ2n) is 5.11. The van der Waals surface area contributed by atoms with Crippen LogP contribution in [-0.4, -0.2) is 45.8 Å². The van der Waals surface area contributed by atoms with Gasteiger partial charge in [0.05, 0.1) is 0 Å². The molecule has 5 nitrogen and oxygen atoms in total. The van der Waals surface area contributed by atoms with E-state index in [0.29, 0.717) is 18.3 Å². The van der Waals surface area contributed by atoms with E-state index in [2.05, 4.69) is 15.6 Å². The van der Waals surface area contributed by atoms with E-state index in [1.54, 1.807) is 25.2 Å². The zero-order valence-electron chi connectivity index (χ0n) is 14.8. The van der Waals surface area contributed by atoms with Crippen molar-refractivity contribution in [2.75, 3.05) is 33.4 Å². The summed E-state index contributed by atoms with van der Waals surface area (Å²) in [7, 11) is 1.71. The molecule has 1 aromatic rings. The van der Waals surface area contributed by atoms with E-state index in [0.717, 1.165) is 38.2 Å². The van der Waals surface area contributed by atoms with E-state index in [1.165, 1.54) is 0 Å². The Kier molecular flexibility index (Phi) is 14.4. The first-order valence-electron chi connectivity index (χ1n) is 8.17. The zero-order valence-corrected chi connectivity index (χ0v) is 17.1. The largest absolute Gasteiger partial charge is 0.488 e. The molecule has 2 N–H and O–H groups in total. The van der Waals surface area contributed by atoms with Crippen LogP contribution in [0.4, 0.5) is 8.78 Å². The second-order valence-corrected chi connectivity index (χ2v) is 5.11. The van der Waals surface area contributed by atoms with Gasteiger partial charge in [0, 0.05) is 33.4 Å². The van der Waals surface area contributed by atoms with Gasteiger partial charge in [-0.25, -0.2) is 8.78 Å². The molecule has 0 aliphatic carbocycles. The molecule has 0 saturated carbocycles. The fraction of sp³-hybridized carbons (Fsp3) is 0.588. The summed E-state index contributed by atoms with van der Waals surface area (Å²) in [6.45, 7) is 4.25. The Hall–Kier alpha value is -1.16. The van der Waals surface area contributed by atoms with Gasteiger partial charge in [-0.1, -0.05) is 12.1 Å². The van der Waals surface area contributed by atoms with Gasteiger partial charge in [0.15, 0.2) is 5.96 Å². The summed E-state index contributed by atoms with van der Waals surface area (Å²) >= 11 is 0. The summed E-state index contributed by atoms with van der Waals surface area (Å²) in [4.78, 5) is 4.15. The number of aliphatic imine (C=N–C) groups is 1. The summed E-state index contributed by atoms with van der Waals surface area (Å²) in [6, 6.07) is 7.08. The highest BCUT2D eigenvalue weighted by molar-refractivity contribution is 14.0. The van der Waals surface area contributed by atoms with Gasteiger partial charge < -0.3 is 20.1 Å². The van der Waals surface area contributed by atoms with Crippen molar-refractivity contribution in [3.05, 3.63) is 29.8 Å². The number of nitrogens with zero attached hydrogens (tertiary/aromatic N) is 1. The Bertz CT molecular complexity index is 491. The number of ether oxygens (including phenoxy) is 2. The molecular formula is C17H28F2IN3O2. The Morgan fingerprint density at radius 2 is 2.04 bits per heavy atom. The first kappa shape index (κ1) is 23.8. The molecule has 0 aliphatic rings. The number of benzene rings is 1. The molecule has 1 aromatic carbocycles. The van der Waals surface area contributed by atoms with Crippen molar-refractivity contribution in [1.82, 2.24) is 10.6 Å². The number of alkyl halides is 2. The summed E-state index contributed by atoms with van der Waals surface area (Å²) < 4.78 is 34.6. The normalized spacial score (nSPS) is 11.2. The van der Waals surface area contributed by atoms with Crippen LogP contribution < -0.4 is 15.4 Å². The topological polar surface area (TPSA) is 54.9 Å². The lowest BCUT2D eigenvalue weighted by molar-refractivity contribution is 0.0818. The fourth-order valence-electron chi connectivity index (χ4n) is 1.99. The Morgan fingerprint density at radius 1 is 1.24 bits per heavy atom. The molecule has 25 heavy (non-hydrogen) atoms. The molecule has 0 amide bonds. The maximum absolute atomic E-state index is 12.2. The maximum atomic E-state index is 12.2.